The first-order valence-electron chi connectivity index (χ1n) is 3.18. The van der Waals surface area contributed by atoms with Crippen molar-refractivity contribution in [1.29, 1.82) is 0 Å². The molecule has 0 radical (unpaired) electrons. The monoisotopic (exact) mass is 116 g/mol. The van der Waals surface area contributed by atoms with Crippen molar-refractivity contribution in [1.82, 2.24) is 10.2 Å². The smallest absolute Gasteiger partial charge is 0.0226 e. The van der Waals surface area contributed by atoms with E-state index in [-0.39, 0.29) is 1.43 Å². The van der Waals surface area contributed by atoms with E-state index in [0.29, 0.717) is 0 Å². The summed E-state index contributed by atoms with van der Waals surface area (Å²) >= 11 is 0. The van der Waals surface area contributed by atoms with Gasteiger partial charge in [-0.2, -0.15) is 0 Å². The number of hydrogen-bond acceptors (Lipinski definition) is 2. The van der Waals surface area contributed by atoms with Gasteiger partial charge in [-0.15, -0.1) is 0 Å². The first-order valence-corrected chi connectivity index (χ1v) is 3.18. The predicted molar refractivity (Wildman–Crippen MR) is 37.1 cm³/mol. The molecule has 0 aliphatic carbocycles. The van der Waals surface area contributed by atoms with Crippen LogP contribution in [0.4, 0.5) is 0 Å². The number of nitrogens with one attached hydrogen (secondary N) is 1. The van der Waals surface area contributed by atoms with E-state index in [1.807, 2.05) is 0 Å². The maximum absolute atomic E-state index is 3.31. The number of likely N-dealkylation sites (N-methyl/N-ethyl adjacent to an activating group) is 1. The highest BCUT2D eigenvalue weighted by atomic mass is 15.1. The highest BCUT2D eigenvalue weighted by molar-refractivity contribution is 4.76. The second-order valence-corrected chi connectivity index (χ2v) is 2.61. The molecule has 8 heavy (non-hydrogen) atoms. The van der Waals surface area contributed by atoms with Gasteiger partial charge in [0, 0.05) is 14.0 Å². The van der Waals surface area contributed by atoms with Gasteiger partial charge in [0.05, 0.1) is 0 Å². The maximum atomic E-state index is 3.31. The molecular formula is C6H16N2. The van der Waals surface area contributed by atoms with Gasteiger partial charge in [0.15, 0.2) is 0 Å². The molecule has 0 amide bonds. The third-order valence-electron chi connectivity index (χ3n) is 1.76. The first-order chi connectivity index (χ1) is 3.80. The molecule has 0 saturated carbocycles. The van der Waals surface area contributed by atoms with Crippen molar-refractivity contribution in [3.8, 4) is 0 Å². The molecule has 0 aromatic carbocycles. The average Bonchev–Trinajstić information content (AvgIpc) is 2.12. The zero-order valence-corrected chi connectivity index (χ0v) is 5.65. The van der Waals surface area contributed by atoms with E-state index in [4.69, 9.17) is 0 Å². The number of nitrogens with zero attached hydrogens (tertiary/aromatic N) is 1. The topological polar surface area (TPSA) is 15.3 Å². The molecule has 0 bridgehead atoms. The molecule has 1 fully saturated rings. The summed E-state index contributed by atoms with van der Waals surface area (Å²) in [5.74, 6) is 0. The molecule has 2 heteroatoms. The van der Waals surface area contributed by atoms with Crippen molar-refractivity contribution in [2.24, 2.45) is 0 Å². The van der Waals surface area contributed by atoms with Crippen LogP contribution < -0.4 is 5.32 Å². The lowest BCUT2D eigenvalue weighted by Gasteiger charge is -2.16. The van der Waals surface area contributed by atoms with E-state index in [1.54, 1.807) is 0 Å². The van der Waals surface area contributed by atoms with Gasteiger partial charge in [0.2, 0.25) is 0 Å². The summed E-state index contributed by atoms with van der Waals surface area (Å²) in [6.07, 6.45) is 1.31. The Morgan fingerprint density at radius 2 is 2.38 bits per heavy atom. The molecule has 0 unspecified atom stereocenters. The fraction of sp³-hybridized carbons (Fsp3) is 1.00. The Kier molecular flexibility index (Phi) is 1.86. The fourth-order valence-electron chi connectivity index (χ4n) is 1.08. The summed E-state index contributed by atoms with van der Waals surface area (Å²) in [6, 6.07) is 0.787. The van der Waals surface area contributed by atoms with Gasteiger partial charge in [-0.3, -0.25) is 0 Å². The summed E-state index contributed by atoms with van der Waals surface area (Å²) in [4.78, 5) is 2.28. The molecule has 0 aromatic heterocycles. The Morgan fingerprint density at radius 3 is 2.62 bits per heavy atom. The van der Waals surface area contributed by atoms with Crippen LogP contribution in [-0.2, 0) is 0 Å². The first kappa shape index (κ1) is 6.05. The summed E-state index contributed by atoms with van der Waals surface area (Å²) in [5.41, 5.74) is 0. The van der Waals surface area contributed by atoms with Crippen molar-refractivity contribution in [3.63, 3.8) is 0 Å². The minimum absolute atomic E-state index is 0. The SMILES string of the molecule is CN(C)[C@@H]1CCNC1.[HH]. The fourth-order valence-corrected chi connectivity index (χ4v) is 1.08. The van der Waals surface area contributed by atoms with Crippen molar-refractivity contribution < 1.29 is 1.43 Å². The Hall–Kier alpha value is -0.0800. The Balaban J connectivity index is 0.000000640. The van der Waals surface area contributed by atoms with Crippen LogP contribution in [0.25, 0.3) is 0 Å². The van der Waals surface area contributed by atoms with Crippen LogP contribution >= 0.6 is 0 Å². The lowest BCUT2D eigenvalue weighted by molar-refractivity contribution is 0.313. The zero-order chi connectivity index (χ0) is 5.98. The van der Waals surface area contributed by atoms with E-state index in [1.165, 1.54) is 19.5 Å². The van der Waals surface area contributed by atoms with Gasteiger partial charge in [0.25, 0.3) is 0 Å². The second kappa shape index (κ2) is 2.46. The zero-order valence-electron chi connectivity index (χ0n) is 5.65. The van der Waals surface area contributed by atoms with Gasteiger partial charge < -0.3 is 10.2 Å². The van der Waals surface area contributed by atoms with E-state index in [0.717, 1.165) is 6.04 Å². The second-order valence-electron chi connectivity index (χ2n) is 2.61. The molecule has 0 spiro atoms. The Labute approximate surface area is 52.4 Å². The Bertz CT molecular complexity index is 69.5. The number of hydrogen-bond donors (Lipinski definition) is 1. The van der Waals surface area contributed by atoms with Crippen molar-refractivity contribution in [3.05, 3.63) is 0 Å². The lowest BCUT2D eigenvalue weighted by atomic mass is 10.2. The van der Waals surface area contributed by atoms with Crippen LogP contribution in [0, 0.1) is 0 Å². The average molecular weight is 116 g/mol. The molecule has 1 aliphatic heterocycles. The summed E-state index contributed by atoms with van der Waals surface area (Å²) in [7, 11) is 4.27. The van der Waals surface area contributed by atoms with Crippen LogP contribution in [0.15, 0.2) is 0 Å². The normalized spacial score (nSPS) is 29.6. The summed E-state index contributed by atoms with van der Waals surface area (Å²) in [5, 5.41) is 3.31. The van der Waals surface area contributed by atoms with E-state index < -0.39 is 0 Å². The quantitative estimate of drug-likeness (QED) is 0.525. The largest absolute Gasteiger partial charge is 0.315 e. The third kappa shape index (κ3) is 1.20. The van der Waals surface area contributed by atoms with Crippen LogP contribution in [0.5, 0.6) is 0 Å². The van der Waals surface area contributed by atoms with Gasteiger partial charge in [-0.1, -0.05) is 0 Å². The molecule has 50 valence electrons. The van der Waals surface area contributed by atoms with Gasteiger partial charge in [-0.25, -0.2) is 0 Å². The highest BCUT2D eigenvalue weighted by Gasteiger charge is 2.14. The molecule has 1 aliphatic rings. The predicted octanol–water partition coefficient (Wildman–Crippen LogP) is 0.156. The van der Waals surface area contributed by atoms with Gasteiger partial charge in [0.1, 0.15) is 0 Å². The van der Waals surface area contributed by atoms with Crippen LogP contribution in [0.2, 0.25) is 0 Å². The van der Waals surface area contributed by atoms with Gasteiger partial charge >= 0.3 is 0 Å². The Morgan fingerprint density at radius 1 is 1.62 bits per heavy atom. The third-order valence-corrected chi connectivity index (χ3v) is 1.76. The van der Waals surface area contributed by atoms with E-state index in [9.17, 15) is 0 Å². The highest BCUT2D eigenvalue weighted by Crippen LogP contribution is 2.01. The molecular weight excluding hydrogens is 100 g/mol. The van der Waals surface area contributed by atoms with Crippen LogP contribution in [0.1, 0.15) is 7.85 Å². The molecule has 1 atom stereocenters. The minimum Gasteiger partial charge on any atom is -0.315 e. The van der Waals surface area contributed by atoms with Crippen molar-refractivity contribution in [2.45, 2.75) is 12.5 Å². The molecule has 1 N–H and O–H groups in total. The number of rotatable bonds is 1. The standard InChI is InChI=1S/C6H14N2.H2/c1-8(2)6-3-4-7-5-6;/h6-7H,3-5H2,1-2H3;1H/t6-;/m1./s1. The summed E-state index contributed by atoms with van der Waals surface area (Å²) in [6.45, 7) is 2.37. The molecule has 0 aromatic rings. The molecule has 1 saturated heterocycles. The van der Waals surface area contributed by atoms with E-state index >= 15 is 0 Å². The molecule has 2 nitrogen and oxygen atoms in total. The van der Waals surface area contributed by atoms with Crippen LogP contribution in [-0.4, -0.2) is 38.1 Å². The van der Waals surface area contributed by atoms with Crippen LogP contribution in [0.3, 0.4) is 0 Å². The molecule has 1 rings (SSSR count). The van der Waals surface area contributed by atoms with Crippen molar-refractivity contribution >= 4 is 0 Å². The minimum atomic E-state index is 0. The van der Waals surface area contributed by atoms with Gasteiger partial charge in [-0.05, 0) is 27.1 Å². The van der Waals surface area contributed by atoms with Crippen molar-refractivity contribution in [2.75, 3.05) is 27.2 Å². The maximum Gasteiger partial charge on any atom is 0.0226 e. The molecule has 1 heterocycles. The van der Waals surface area contributed by atoms with E-state index in [2.05, 4.69) is 24.3 Å². The summed E-state index contributed by atoms with van der Waals surface area (Å²) < 4.78 is 0. The lowest BCUT2D eigenvalue weighted by Crippen LogP contribution is -2.29.